The molecule has 0 spiro atoms. The molecule has 4 heteroatoms. The highest BCUT2D eigenvalue weighted by molar-refractivity contribution is 5.92. The van der Waals surface area contributed by atoms with Gasteiger partial charge in [0.25, 0.3) is 0 Å². The molecular weight excluding hydrogens is 224 g/mol. The first-order valence-corrected chi connectivity index (χ1v) is 6.17. The van der Waals surface area contributed by atoms with Gasteiger partial charge in [-0.1, -0.05) is 18.2 Å². The van der Waals surface area contributed by atoms with Crippen LogP contribution in [-0.2, 0) is 0 Å². The van der Waals surface area contributed by atoms with Gasteiger partial charge in [0, 0.05) is 23.2 Å². The molecule has 0 aliphatic heterocycles. The van der Waals surface area contributed by atoms with Gasteiger partial charge in [-0.2, -0.15) is 0 Å². The lowest BCUT2D eigenvalue weighted by atomic mass is 10.1. The zero-order chi connectivity index (χ0) is 11.9. The number of fused-ring (bicyclic) bond motifs is 1. The Kier molecular flexibility index (Phi) is 1.97. The monoisotopic (exact) mass is 236 g/mol. The molecule has 2 aromatic heterocycles. The molecule has 1 aliphatic rings. The zero-order valence-corrected chi connectivity index (χ0v) is 9.82. The van der Waals surface area contributed by atoms with E-state index in [1.54, 1.807) is 0 Å². The Morgan fingerprint density at radius 2 is 2.06 bits per heavy atom. The molecular formula is C14H12N4. The fraction of sp³-hybridized carbons (Fsp3) is 0.214. The minimum absolute atomic E-state index is 0.585. The summed E-state index contributed by atoms with van der Waals surface area (Å²) in [5.74, 6) is 0.955. The molecule has 0 radical (unpaired) electrons. The van der Waals surface area contributed by atoms with Gasteiger partial charge in [-0.15, -0.1) is 10.2 Å². The standard InChI is InChI=1S/C14H12N4/c1-3-12(11-4-2-8-15-13(11)5-1)14-17-16-9-18(14)10-6-7-10/h1-5,8-10H,6-7H2. The highest BCUT2D eigenvalue weighted by Gasteiger charge is 2.26. The molecule has 3 aromatic rings. The van der Waals surface area contributed by atoms with Crippen LogP contribution in [0.3, 0.4) is 0 Å². The molecule has 1 fully saturated rings. The van der Waals surface area contributed by atoms with Crippen molar-refractivity contribution in [2.24, 2.45) is 0 Å². The van der Waals surface area contributed by atoms with Crippen molar-refractivity contribution in [2.75, 3.05) is 0 Å². The van der Waals surface area contributed by atoms with Crippen LogP contribution >= 0.6 is 0 Å². The van der Waals surface area contributed by atoms with E-state index in [0.29, 0.717) is 6.04 Å². The summed E-state index contributed by atoms with van der Waals surface area (Å²) >= 11 is 0. The first kappa shape index (κ1) is 9.76. The van der Waals surface area contributed by atoms with Crippen LogP contribution in [0.2, 0.25) is 0 Å². The van der Waals surface area contributed by atoms with E-state index in [0.717, 1.165) is 22.3 Å². The second-order valence-corrected chi connectivity index (χ2v) is 4.67. The van der Waals surface area contributed by atoms with Crippen LogP contribution < -0.4 is 0 Å². The lowest BCUT2D eigenvalue weighted by Gasteiger charge is -2.07. The maximum absolute atomic E-state index is 4.38. The number of benzene rings is 1. The summed E-state index contributed by atoms with van der Waals surface area (Å²) in [7, 11) is 0. The molecule has 1 aromatic carbocycles. The van der Waals surface area contributed by atoms with Crippen LogP contribution in [0.4, 0.5) is 0 Å². The van der Waals surface area contributed by atoms with Crippen molar-refractivity contribution in [3.8, 4) is 11.4 Å². The van der Waals surface area contributed by atoms with Crippen LogP contribution in [0, 0.1) is 0 Å². The van der Waals surface area contributed by atoms with Crippen molar-refractivity contribution < 1.29 is 0 Å². The highest BCUT2D eigenvalue weighted by atomic mass is 15.3. The summed E-state index contributed by atoms with van der Waals surface area (Å²) in [4.78, 5) is 4.38. The predicted octanol–water partition coefficient (Wildman–Crippen LogP) is 2.83. The van der Waals surface area contributed by atoms with Crippen molar-refractivity contribution in [3.05, 3.63) is 42.9 Å². The summed E-state index contributed by atoms with van der Waals surface area (Å²) < 4.78 is 2.18. The van der Waals surface area contributed by atoms with E-state index < -0.39 is 0 Å². The van der Waals surface area contributed by atoms with Crippen molar-refractivity contribution in [1.29, 1.82) is 0 Å². The number of hydrogen-bond acceptors (Lipinski definition) is 3. The Hall–Kier alpha value is -2.23. The van der Waals surface area contributed by atoms with Crippen molar-refractivity contribution in [2.45, 2.75) is 18.9 Å². The summed E-state index contributed by atoms with van der Waals surface area (Å²) in [6.45, 7) is 0. The summed E-state index contributed by atoms with van der Waals surface area (Å²) in [5.41, 5.74) is 2.12. The molecule has 18 heavy (non-hydrogen) atoms. The number of rotatable bonds is 2. The average molecular weight is 236 g/mol. The molecule has 0 atom stereocenters. The van der Waals surface area contributed by atoms with E-state index >= 15 is 0 Å². The largest absolute Gasteiger partial charge is 0.310 e. The molecule has 4 nitrogen and oxygen atoms in total. The summed E-state index contributed by atoms with van der Waals surface area (Å²) in [6, 6.07) is 10.8. The van der Waals surface area contributed by atoms with Gasteiger partial charge in [0.05, 0.1) is 5.52 Å². The Bertz CT molecular complexity index is 707. The van der Waals surface area contributed by atoms with Crippen molar-refractivity contribution >= 4 is 10.9 Å². The van der Waals surface area contributed by atoms with E-state index in [-0.39, 0.29) is 0 Å². The smallest absolute Gasteiger partial charge is 0.164 e. The first-order chi connectivity index (χ1) is 8.93. The number of aromatic nitrogens is 4. The second kappa shape index (κ2) is 3.63. The van der Waals surface area contributed by atoms with Crippen molar-refractivity contribution in [3.63, 3.8) is 0 Å². The third-order valence-corrected chi connectivity index (χ3v) is 3.40. The fourth-order valence-corrected chi connectivity index (χ4v) is 2.35. The lowest BCUT2D eigenvalue weighted by molar-refractivity contribution is 0.746. The summed E-state index contributed by atoms with van der Waals surface area (Å²) in [6.07, 6.45) is 6.11. The Morgan fingerprint density at radius 3 is 2.94 bits per heavy atom. The number of hydrogen-bond donors (Lipinski definition) is 0. The number of pyridine rings is 1. The minimum atomic E-state index is 0.585. The molecule has 1 aliphatic carbocycles. The normalized spacial score (nSPS) is 15.1. The lowest BCUT2D eigenvalue weighted by Crippen LogP contribution is -1.96. The van der Waals surface area contributed by atoms with E-state index in [2.05, 4.69) is 31.9 Å². The second-order valence-electron chi connectivity index (χ2n) is 4.67. The first-order valence-electron chi connectivity index (χ1n) is 6.17. The van der Waals surface area contributed by atoms with Crippen LogP contribution in [0.15, 0.2) is 42.9 Å². The molecule has 4 rings (SSSR count). The molecule has 0 unspecified atom stereocenters. The van der Waals surface area contributed by atoms with Gasteiger partial charge in [-0.05, 0) is 25.0 Å². The Morgan fingerprint density at radius 1 is 1.11 bits per heavy atom. The SMILES string of the molecule is c1cc(-c2nncn2C2CC2)c2cccnc2c1. The third-order valence-electron chi connectivity index (χ3n) is 3.40. The van der Waals surface area contributed by atoms with Crippen LogP contribution in [-0.4, -0.2) is 19.7 Å². The van der Waals surface area contributed by atoms with Crippen LogP contribution in [0.25, 0.3) is 22.3 Å². The molecule has 2 heterocycles. The van der Waals surface area contributed by atoms with Gasteiger partial charge in [-0.3, -0.25) is 4.98 Å². The zero-order valence-electron chi connectivity index (χ0n) is 9.82. The van der Waals surface area contributed by atoms with Gasteiger partial charge in [0.1, 0.15) is 6.33 Å². The van der Waals surface area contributed by atoms with Gasteiger partial charge in [-0.25, -0.2) is 0 Å². The maximum Gasteiger partial charge on any atom is 0.164 e. The molecule has 88 valence electrons. The van der Waals surface area contributed by atoms with E-state index in [1.165, 1.54) is 12.8 Å². The van der Waals surface area contributed by atoms with E-state index in [1.807, 2.05) is 30.7 Å². The molecule has 0 N–H and O–H groups in total. The van der Waals surface area contributed by atoms with E-state index in [9.17, 15) is 0 Å². The quantitative estimate of drug-likeness (QED) is 0.687. The Balaban J connectivity index is 1.98. The Labute approximate surface area is 104 Å². The van der Waals surface area contributed by atoms with Gasteiger partial charge in [0.15, 0.2) is 5.82 Å². The van der Waals surface area contributed by atoms with E-state index in [4.69, 9.17) is 0 Å². The minimum Gasteiger partial charge on any atom is -0.310 e. The van der Waals surface area contributed by atoms with Gasteiger partial charge in [0.2, 0.25) is 0 Å². The van der Waals surface area contributed by atoms with Crippen molar-refractivity contribution in [1.82, 2.24) is 19.7 Å². The molecule has 0 bridgehead atoms. The average Bonchev–Trinajstić information content (AvgIpc) is 3.16. The fourth-order valence-electron chi connectivity index (χ4n) is 2.35. The van der Waals surface area contributed by atoms with Gasteiger partial charge < -0.3 is 4.57 Å². The predicted molar refractivity (Wildman–Crippen MR) is 69.0 cm³/mol. The third kappa shape index (κ3) is 1.42. The van der Waals surface area contributed by atoms with Gasteiger partial charge >= 0.3 is 0 Å². The highest BCUT2D eigenvalue weighted by Crippen LogP contribution is 2.38. The number of nitrogens with zero attached hydrogens (tertiary/aromatic N) is 4. The van der Waals surface area contributed by atoms with Crippen LogP contribution in [0.1, 0.15) is 18.9 Å². The molecule has 0 saturated heterocycles. The topological polar surface area (TPSA) is 43.6 Å². The summed E-state index contributed by atoms with van der Waals surface area (Å²) in [5, 5.41) is 9.48. The van der Waals surface area contributed by atoms with Crippen LogP contribution in [0.5, 0.6) is 0 Å². The molecule has 1 saturated carbocycles. The molecule has 0 amide bonds. The maximum atomic E-state index is 4.38.